The van der Waals surface area contributed by atoms with Gasteiger partial charge in [0.2, 0.25) is 0 Å². The van der Waals surface area contributed by atoms with Gasteiger partial charge in [-0.05, 0) is 41.4 Å². The van der Waals surface area contributed by atoms with Crippen LogP contribution in [-0.4, -0.2) is 24.2 Å². The van der Waals surface area contributed by atoms with Gasteiger partial charge in [0.1, 0.15) is 11.4 Å². The van der Waals surface area contributed by atoms with Gasteiger partial charge in [0.15, 0.2) is 11.6 Å². The van der Waals surface area contributed by atoms with Crippen LogP contribution in [0.4, 0.5) is 8.78 Å². The fourth-order valence-corrected chi connectivity index (χ4v) is 2.58. The molecule has 1 aromatic carbocycles. The van der Waals surface area contributed by atoms with Gasteiger partial charge in [-0.1, -0.05) is 0 Å². The summed E-state index contributed by atoms with van der Waals surface area (Å²) in [5, 5.41) is 15.7. The lowest BCUT2D eigenvalue weighted by Crippen LogP contribution is -2.30. The molecule has 4 nitrogen and oxygen atoms in total. The molecule has 7 heteroatoms. The summed E-state index contributed by atoms with van der Waals surface area (Å²) < 4.78 is 32.8. The van der Waals surface area contributed by atoms with Gasteiger partial charge in [-0.25, -0.2) is 8.78 Å². The van der Waals surface area contributed by atoms with Gasteiger partial charge in [-0.15, -0.1) is 0 Å². The van der Waals surface area contributed by atoms with Crippen molar-refractivity contribution in [3.8, 4) is 5.75 Å². The molecule has 1 unspecified atom stereocenters. The van der Waals surface area contributed by atoms with Crippen molar-refractivity contribution in [3.05, 3.63) is 51.7 Å². The van der Waals surface area contributed by atoms with Crippen LogP contribution in [-0.2, 0) is 0 Å². The van der Waals surface area contributed by atoms with Crippen LogP contribution in [0.25, 0.3) is 0 Å². The van der Waals surface area contributed by atoms with Crippen molar-refractivity contribution in [2.24, 2.45) is 0 Å². The molecule has 0 saturated carbocycles. The number of hydrogen-bond acceptors (Lipinski definition) is 4. The van der Waals surface area contributed by atoms with Crippen LogP contribution in [0.1, 0.15) is 28.9 Å². The number of nitrogens with one attached hydrogen (secondary N) is 1. The summed E-state index contributed by atoms with van der Waals surface area (Å²) in [7, 11) is 0. The molecule has 22 heavy (non-hydrogen) atoms. The Morgan fingerprint density at radius 1 is 1.41 bits per heavy atom. The summed E-state index contributed by atoms with van der Waals surface area (Å²) in [4.78, 5) is 12.0. The van der Waals surface area contributed by atoms with E-state index in [4.69, 9.17) is 4.74 Å². The minimum Gasteiger partial charge on any atom is -0.491 e. The number of aliphatic hydroxyl groups excluding tert-OH is 1. The molecule has 0 aliphatic carbocycles. The minimum atomic E-state index is -1.05. The molecule has 0 aliphatic heterocycles. The molecule has 118 valence electrons. The van der Waals surface area contributed by atoms with Crippen molar-refractivity contribution in [1.82, 2.24) is 5.32 Å². The summed E-state index contributed by atoms with van der Waals surface area (Å²) in [6.45, 7) is 1.70. The molecular weight excluding hydrogens is 312 g/mol. The molecule has 2 N–H and O–H groups in total. The first-order valence-electron chi connectivity index (χ1n) is 6.63. The highest BCUT2D eigenvalue weighted by molar-refractivity contribution is 7.07. The van der Waals surface area contributed by atoms with Gasteiger partial charge in [0.05, 0.1) is 12.7 Å². The molecule has 1 atom stereocenters. The smallest absolute Gasteiger partial charge is 0.257 e. The zero-order valence-electron chi connectivity index (χ0n) is 11.8. The molecule has 1 heterocycles. The third-order valence-electron chi connectivity index (χ3n) is 2.97. The summed E-state index contributed by atoms with van der Waals surface area (Å²) in [5.74, 6) is -3.16. The third kappa shape index (κ3) is 3.61. The lowest BCUT2D eigenvalue weighted by atomic mass is 10.1. The number of ether oxygens (including phenoxy) is 1. The number of benzene rings is 1. The Labute approximate surface area is 130 Å². The molecule has 0 fully saturated rings. The number of aliphatic hydroxyl groups is 1. The molecule has 2 aromatic rings. The van der Waals surface area contributed by atoms with Crippen molar-refractivity contribution in [3.63, 3.8) is 0 Å². The van der Waals surface area contributed by atoms with Gasteiger partial charge in [-0.2, -0.15) is 11.3 Å². The molecule has 1 amide bonds. The lowest BCUT2D eigenvalue weighted by Gasteiger charge is -2.13. The van der Waals surface area contributed by atoms with Crippen molar-refractivity contribution in [2.75, 3.05) is 13.2 Å². The van der Waals surface area contributed by atoms with Gasteiger partial charge in [-0.3, -0.25) is 4.79 Å². The second kappa shape index (κ2) is 7.33. The number of hydrogen-bond donors (Lipinski definition) is 2. The monoisotopic (exact) mass is 327 g/mol. The van der Waals surface area contributed by atoms with Crippen LogP contribution in [0.3, 0.4) is 0 Å². The first-order chi connectivity index (χ1) is 10.5. The standard InChI is InChI=1S/C15H15F2NO3S/c1-2-21-12-4-3-10(16)13(14(12)17)15(20)18-7-11(19)9-5-6-22-8-9/h3-6,8,11,19H,2,7H2,1H3,(H,18,20). The molecule has 0 saturated heterocycles. The zero-order valence-corrected chi connectivity index (χ0v) is 12.6. The molecule has 2 rings (SSSR count). The Hall–Kier alpha value is -1.99. The Kier molecular flexibility index (Phi) is 5.46. The van der Waals surface area contributed by atoms with Gasteiger partial charge in [0, 0.05) is 6.54 Å². The van der Waals surface area contributed by atoms with E-state index >= 15 is 0 Å². The third-order valence-corrected chi connectivity index (χ3v) is 3.67. The molecule has 0 radical (unpaired) electrons. The summed E-state index contributed by atoms with van der Waals surface area (Å²) in [6.07, 6.45) is -0.934. The van der Waals surface area contributed by atoms with Gasteiger partial charge >= 0.3 is 0 Å². The Balaban J connectivity index is 2.10. The maximum Gasteiger partial charge on any atom is 0.257 e. The van der Waals surface area contributed by atoms with Crippen molar-refractivity contribution in [1.29, 1.82) is 0 Å². The maximum absolute atomic E-state index is 14.1. The predicted molar refractivity (Wildman–Crippen MR) is 79.1 cm³/mol. The highest BCUT2D eigenvalue weighted by Gasteiger charge is 2.22. The maximum atomic E-state index is 14.1. The number of carbonyl (C=O) groups excluding carboxylic acids is 1. The average molecular weight is 327 g/mol. The molecule has 1 aromatic heterocycles. The van der Waals surface area contributed by atoms with E-state index in [-0.39, 0.29) is 18.9 Å². The Bertz CT molecular complexity index is 646. The highest BCUT2D eigenvalue weighted by atomic mass is 32.1. The quantitative estimate of drug-likeness (QED) is 0.858. The number of halogens is 2. The van der Waals surface area contributed by atoms with E-state index in [1.165, 1.54) is 11.3 Å². The highest BCUT2D eigenvalue weighted by Crippen LogP contribution is 2.23. The van der Waals surface area contributed by atoms with Crippen LogP contribution in [0.15, 0.2) is 29.0 Å². The number of carbonyl (C=O) groups is 1. The average Bonchev–Trinajstić information content (AvgIpc) is 3.02. The second-order valence-electron chi connectivity index (χ2n) is 4.45. The van der Waals surface area contributed by atoms with Gasteiger partial charge < -0.3 is 15.2 Å². The van der Waals surface area contributed by atoms with Crippen LogP contribution < -0.4 is 10.1 Å². The zero-order chi connectivity index (χ0) is 16.1. The predicted octanol–water partition coefficient (Wildman–Crippen LogP) is 2.89. The van der Waals surface area contributed by atoms with Crippen molar-refractivity contribution < 1.29 is 23.4 Å². The Morgan fingerprint density at radius 2 is 2.18 bits per heavy atom. The van der Waals surface area contributed by atoms with E-state index in [0.717, 1.165) is 12.1 Å². The first-order valence-corrected chi connectivity index (χ1v) is 7.58. The van der Waals surface area contributed by atoms with Crippen LogP contribution in [0.5, 0.6) is 5.75 Å². The number of thiophene rings is 1. The van der Waals surface area contributed by atoms with E-state index in [2.05, 4.69) is 5.32 Å². The topological polar surface area (TPSA) is 58.6 Å². The van der Waals surface area contributed by atoms with E-state index < -0.39 is 29.2 Å². The molecule has 0 aliphatic rings. The van der Waals surface area contributed by atoms with Crippen LogP contribution >= 0.6 is 11.3 Å². The van der Waals surface area contributed by atoms with E-state index in [1.807, 2.05) is 0 Å². The largest absolute Gasteiger partial charge is 0.491 e. The van der Waals surface area contributed by atoms with Crippen LogP contribution in [0, 0.1) is 11.6 Å². The minimum absolute atomic E-state index is 0.146. The Morgan fingerprint density at radius 3 is 2.82 bits per heavy atom. The van der Waals surface area contributed by atoms with Crippen LogP contribution in [0.2, 0.25) is 0 Å². The fraction of sp³-hybridized carbons (Fsp3) is 0.267. The van der Waals surface area contributed by atoms with Crippen molar-refractivity contribution >= 4 is 17.2 Å². The SMILES string of the molecule is CCOc1ccc(F)c(C(=O)NCC(O)c2ccsc2)c1F. The molecule has 0 spiro atoms. The van der Waals surface area contributed by atoms with E-state index in [9.17, 15) is 18.7 Å². The number of rotatable bonds is 6. The molecular formula is C15H15F2NO3S. The summed E-state index contributed by atoms with van der Waals surface area (Å²) in [6, 6.07) is 3.81. The summed E-state index contributed by atoms with van der Waals surface area (Å²) >= 11 is 1.40. The normalized spacial score (nSPS) is 12.0. The number of amides is 1. The lowest BCUT2D eigenvalue weighted by molar-refractivity contribution is 0.0907. The molecule has 0 bridgehead atoms. The van der Waals surface area contributed by atoms with Gasteiger partial charge in [0.25, 0.3) is 5.91 Å². The van der Waals surface area contributed by atoms with E-state index in [1.54, 1.807) is 23.8 Å². The first kappa shape index (κ1) is 16.4. The van der Waals surface area contributed by atoms with Crippen molar-refractivity contribution in [2.45, 2.75) is 13.0 Å². The van der Waals surface area contributed by atoms with E-state index in [0.29, 0.717) is 5.56 Å². The second-order valence-corrected chi connectivity index (χ2v) is 5.23. The summed E-state index contributed by atoms with van der Waals surface area (Å²) in [5.41, 5.74) is -0.0854. The fourth-order valence-electron chi connectivity index (χ4n) is 1.87.